The zero-order valence-corrected chi connectivity index (χ0v) is 43.7. The second-order valence-corrected chi connectivity index (χ2v) is 21.2. The lowest BCUT2D eigenvalue weighted by molar-refractivity contribution is 0.493. The van der Waals surface area contributed by atoms with Gasteiger partial charge >= 0.3 is 0 Å². The van der Waals surface area contributed by atoms with Gasteiger partial charge in [0.25, 0.3) is 13.4 Å². The molecule has 2 heterocycles. The van der Waals surface area contributed by atoms with Gasteiger partial charge in [-0.25, -0.2) is 0 Å². The smallest absolute Gasteiger partial charge is 0.253 e. The van der Waals surface area contributed by atoms with Crippen molar-refractivity contribution in [2.75, 3.05) is 0 Å². The molecule has 0 aliphatic carbocycles. The summed E-state index contributed by atoms with van der Waals surface area (Å²) in [6, 6.07) is 106. The standard InChI is InChI=1S/C76H48B2O2/c1-7-25-49(26-8-1)55-37-23-38-56(50-27-9-2-10-28-50)71(55)77-63-41-19-21-43-65(63)79-75-61-47-46-60-68(54-35-17-6-18-36-54)74-76(62-48-45-59(69(61)70(60)62)67(73(75)77)53-33-15-5-16-34-53)80-66-44-22-20-42-64(66)78(74)72-57(51-29-11-3-12-30-51)39-24-40-58(72)52-31-13-4-14-32-52/h1-48H. The minimum atomic E-state index is -0.226. The van der Waals surface area contributed by atoms with Crippen LogP contribution in [-0.4, -0.2) is 13.4 Å². The monoisotopic (exact) mass is 1010 g/mol. The molecule has 0 amide bonds. The molecule has 0 atom stereocenters. The Kier molecular flexibility index (Phi) is 10.8. The van der Waals surface area contributed by atoms with Gasteiger partial charge in [-0.15, -0.1) is 0 Å². The molecule has 0 fully saturated rings. The Morgan fingerprint density at radius 1 is 0.212 bits per heavy atom. The lowest BCUT2D eigenvalue weighted by atomic mass is 9.33. The van der Waals surface area contributed by atoms with E-state index in [2.05, 4.69) is 291 Å². The fourth-order valence-electron chi connectivity index (χ4n) is 13.7. The first-order valence-electron chi connectivity index (χ1n) is 27.7. The highest BCUT2D eigenvalue weighted by molar-refractivity contribution is 7.00. The van der Waals surface area contributed by atoms with E-state index in [1.54, 1.807) is 0 Å². The molecule has 0 N–H and O–H groups in total. The lowest BCUT2D eigenvalue weighted by Gasteiger charge is -2.35. The molecule has 0 aromatic heterocycles. The van der Waals surface area contributed by atoms with Crippen molar-refractivity contribution < 1.29 is 9.47 Å². The van der Waals surface area contributed by atoms with Gasteiger partial charge < -0.3 is 9.47 Å². The van der Waals surface area contributed by atoms with Crippen LogP contribution < -0.4 is 42.3 Å². The molecular formula is C76H48B2O2. The summed E-state index contributed by atoms with van der Waals surface area (Å²) in [5, 5.41) is 6.79. The van der Waals surface area contributed by atoms with Gasteiger partial charge in [0.05, 0.1) is 0 Å². The highest BCUT2D eigenvalue weighted by Gasteiger charge is 2.43. The van der Waals surface area contributed by atoms with E-state index in [0.29, 0.717) is 0 Å². The van der Waals surface area contributed by atoms with Gasteiger partial charge in [0, 0.05) is 21.5 Å². The molecule has 4 heteroatoms. The second kappa shape index (κ2) is 18.8. The average Bonchev–Trinajstić information content (AvgIpc) is 3.44. The molecular weight excluding hydrogens is 966 g/mol. The van der Waals surface area contributed by atoms with Crippen LogP contribution in [0.15, 0.2) is 291 Å². The second-order valence-electron chi connectivity index (χ2n) is 21.2. The molecule has 370 valence electrons. The Balaban J connectivity index is 1.06. The van der Waals surface area contributed by atoms with Crippen LogP contribution in [0.1, 0.15) is 0 Å². The first-order chi connectivity index (χ1) is 39.8. The third-order valence-electron chi connectivity index (χ3n) is 16.9. The van der Waals surface area contributed by atoms with Gasteiger partial charge in [-0.1, -0.05) is 278 Å². The van der Waals surface area contributed by atoms with Crippen molar-refractivity contribution in [3.05, 3.63) is 291 Å². The fourth-order valence-corrected chi connectivity index (χ4v) is 13.7. The molecule has 2 aliphatic heterocycles. The molecule has 0 saturated carbocycles. The largest absolute Gasteiger partial charge is 0.458 e. The number of hydrogen-bond acceptors (Lipinski definition) is 2. The van der Waals surface area contributed by atoms with Crippen LogP contribution in [-0.2, 0) is 0 Å². The van der Waals surface area contributed by atoms with Crippen LogP contribution in [0.2, 0.25) is 0 Å². The van der Waals surface area contributed by atoms with Crippen molar-refractivity contribution in [3.8, 4) is 89.8 Å². The van der Waals surface area contributed by atoms with Crippen LogP contribution in [0.25, 0.3) is 99.1 Å². The molecule has 2 nitrogen and oxygen atoms in total. The van der Waals surface area contributed by atoms with E-state index in [0.717, 1.165) is 88.6 Å². The molecule has 0 unspecified atom stereocenters. The minimum Gasteiger partial charge on any atom is -0.458 e. The average molecular weight is 1010 g/mol. The fraction of sp³-hybridized carbons (Fsp3) is 0. The van der Waals surface area contributed by atoms with Crippen molar-refractivity contribution in [3.63, 3.8) is 0 Å². The van der Waals surface area contributed by atoms with E-state index >= 15 is 0 Å². The number of para-hydroxylation sites is 2. The number of fused-ring (bicyclic) bond motifs is 6. The van der Waals surface area contributed by atoms with E-state index in [-0.39, 0.29) is 13.4 Å². The van der Waals surface area contributed by atoms with Crippen molar-refractivity contribution in [1.29, 1.82) is 0 Å². The predicted molar refractivity (Wildman–Crippen MR) is 338 cm³/mol. The van der Waals surface area contributed by atoms with E-state index in [4.69, 9.17) is 9.47 Å². The number of hydrogen-bond donors (Lipinski definition) is 0. The summed E-state index contributed by atoms with van der Waals surface area (Å²) in [4.78, 5) is 0. The molecule has 0 bridgehead atoms. The van der Waals surface area contributed by atoms with Crippen molar-refractivity contribution >= 4 is 78.5 Å². The van der Waals surface area contributed by atoms with Crippen LogP contribution in [0.4, 0.5) is 0 Å². The van der Waals surface area contributed by atoms with E-state index in [1.807, 2.05) is 0 Å². The predicted octanol–water partition coefficient (Wildman–Crippen LogP) is 15.8. The van der Waals surface area contributed by atoms with Gasteiger partial charge in [0.15, 0.2) is 0 Å². The lowest BCUT2D eigenvalue weighted by Crippen LogP contribution is -2.57. The summed E-state index contributed by atoms with van der Waals surface area (Å²) in [7, 11) is 0. The maximum absolute atomic E-state index is 7.57. The Labute approximate surface area is 466 Å². The molecule has 14 aromatic rings. The van der Waals surface area contributed by atoms with Crippen LogP contribution in [0.3, 0.4) is 0 Å². The third kappa shape index (κ3) is 7.16. The van der Waals surface area contributed by atoms with Crippen molar-refractivity contribution in [2.45, 2.75) is 0 Å². The Bertz CT molecular complexity index is 4270. The first-order valence-corrected chi connectivity index (χ1v) is 27.7. The topological polar surface area (TPSA) is 18.5 Å². The number of benzene rings is 14. The summed E-state index contributed by atoms with van der Waals surface area (Å²) < 4.78 is 15.1. The van der Waals surface area contributed by atoms with Crippen LogP contribution in [0.5, 0.6) is 23.0 Å². The summed E-state index contributed by atoms with van der Waals surface area (Å²) in [5.74, 6) is 3.47. The van der Waals surface area contributed by atoms with Gasteiger partial charge in [-0.05, 0) is 124 Å². The minimum absolute atomic E-state index is 0.226. The molecule has 14 aromatic carbocycles. The number of ether oxygens (including phenoxy) is 2. The highest BCUT2D eigenvalue weighted by Crippen LogP contribution is 2.50. The van der Waals surface area contributed by atoms with E-state index in [1.165, 1.54) is 66.2 Å². The molecule has 0 saturated heterocycles. The zero-order valence-electron chi connectivity index (χ0n) is 43.7. The summed E-state index contributed by atoms with van der Waals surface area (Å²) in [6.45, 7) is -0.453. The maximum atomic E-state index is 7.57. The maximum Gasteiger partial charge on any atom is 0.253 e. The highest BCUT2D eigenvalue weighted by atomic mass is 16.5. The van der Waals surface area contributed by atoms with Gasteiger partial charge in [-0.3, -0.25) is 0 Å². The van der Waals surface area contributed by atoms with Gasteiger partial charge in [0.2, 0.25) is 0 Å². The zero-order chi connectivity index (χ0) is 52.7. The molecule has 80 heavy (non-hydrogen) atoms. The summed E-state index contributed by atoms with van der Waals surface area (Å²) in [6.07, 6.45) is 0. The number of rotatable bonds is 8. The molecule has 16 rings (SSSR count). The summed E-state index contributed by atoms with van der Waals surface area (Å²) >= 11 is 0. The van der Waals surface area contributed by atoms with Crippen molar-refractivity contribution in [1.82, 2.24) is 0 Å². The van der Waals surface area contributed by atoms with Crippen LogP contribution in [0, 0.1) is 0 Å². The van der Waals surface area contributed by atoms with Gasteiger partial charge in [0.1, 0.15) is 23.0 Å². The first kappa shape index (κ1) is 46.0. The normalized spacial score (nSPS) is 12.4. The van der Waals surface area contributed by atoms with Gasteiger partial charge in [-0.2, -0.15) is 0 Å². The molecule has 0 radical (unpaired) electrons. The Morgan fingerprint density at radius 2 is 0.487 bits per heavy atom. The van der Waals surface area contributed by atoms with E-state index < -0.39 is 0 Å². The van der Waals surface area contributed by atoms with E-state index in [9.17, 15) is 0 Å². The summed E-state index contributed by atoms with van der Waals surface area (Å²) in [5.41, 5.74) is 21.1. The quantitative estimate of drug-likeness (QED) is 0.112. The van der Waals surface area contributed by atoms with Crippen LogP contribution >= 0.6 is 0 Å². The van der Waals surface area contributed by atoms with Crippen molar-refractivity contribution in [2.24, 2.45) is 0 Å². The molecule has 2 aliphatic rings. The Morgan fingerprint density at radius 3 is 0.812 bits per heavy atom. The SMILES string of the molecule is c1ccc(-c2cccc(-c3ccccc3)c2B2c3ccccc3Oc3c2c(-c2ccccc2)c2ccc4c5c(c(-c6ccccc6)c6ccc3c2c46)B(c2c(-c3ccccc3)cccc2-c2ccccc2)c2ccccc2O5)cc1. The Hall–Kier alpha value is -10.2. The molecule has 0 spiro atoms. The third-order valence-corrected chi connectivity index (χ3v) is 16.9.